The van der Waals surface area contributed by atoms with Crippen molar-refractivity contribution in [2.24, 2.45) is 0 Å². The van der Waals surface area contributed by atoms with Crippen LogP contribution in [0, 0.1) is 6.92 Å². The molecule has 2 aliphatic heterocycles. The molecule has 1 saturated heterocycles. The minimum absolute atomic E-state index is 0.0768. The molecule has 1 fully saturated rings. The summed E-state index contributed by atoms with van der Waals surface area (Å²) in [7, 11) is -3.59. The van der Waals surface area contributed by atoms with Gasteiger partial charge in [-0.25, -0.2) is 13.2 Å². The molecule has 0 aromatic heterocycles. The number of hydrogen-bond donors (Lipinski definition) is 1. The van der Waals surface area contributed by atoms with E-state index >= 15 is 0 Å². The Kier molecular flexibility index (Phi) is 5.94. The van der Waals surface area contributed by atoms with Gasteiger partial charge >= 0.3 is 6.03 Å². The summed E-state index contributed by atoms with van der Waals surface area (Å²) in [5.74, 6) is 0. The molecular formula is C23H30N4O3S. The molecule has 1 N–H and O–H groups in total. The molecule has 8 heteroatoms. The van der Waals surface area contributed by atoms with Gasteiger partial charge in [0, 0.05) is 50.1 Å². The second-order valence-corrected chi connectivity index (χ2v) is 10.2. The summed E-state index contributed by atoms with van der Waals surface area (Å²) in [4.78, 5) is 16.5. The summed E-state index contributed by atoms with van der Waals surface area (Å²) in [5, 5.41) is 2.81. The van der Waals surface area contributed by atoms with Gasteiger partial charge in [0.2, 0.25) is 10.0 Å². The summed E-state index contributed by atoms with van der Waals surface area (Å²) in [6.45, 7) is 8.68. The minimum Gasteiger partial charge on any atom is -0.366 e. The molecule has 0 bridgehead atoms. The van der Waals surface area contributed by atoms with Crippen LogP contribution in [0.25, 0.3) is 0 Å². The van der Waals surface area contributed by atoms with E-state index in [4.69, 9.17) is 0 Å². The molecule has 2 heterocycles. The Morgan fingerprint density at radius 1 is 1.13 bits per heavy atom. The van der Waals surface area contributed by atoms with E-state index < -0.39 is 10.0 Å². The molecule has 2 aliphatic rings. The van der Waals surface area contributed by atoms with Crippen LogP contribution >= 0.6 is 0 Å². The molecule has 4 rings (SSSR count). The van der Waals surface area contributed by atoms with Gasteiger partial charge in [0.1, 0.15) is 0 Å². The van der Waals surface area contributed by atoms with Crippen molar-refractivity contribution >= 4 is 27.4 Å². The largest absolute Gasteiger partial charge is 0.366 e. The highest BCUT2D eigenvalue weighted by molar-refractivity contribution is 7.89. The Morgan fingerprint density at radius 2 is 1.94 bits per heavy atom. The number of nitrogens with one attached hydrogen (secondary N) is 1. The van der Waals surface area contributed by atoms with Gasteiger partial charge in [-0.3, -0.25) is 4.90 Å². The molecule has 0 radical (unpaired) electrons. The van der Waals surface area contributed by atoms with Crippen LogP contribution < -0.4 is 15.1 Å². The molecule has 2 amide bonds. The predicted octanol–water partition coefficient (Wildman–Crippen LogP) is 2.99. The molecule has 2 aromatic carbocycles. The number of amides is 2. The second kappa shape index (κ2) is 8.51. The van der Waals surface area contributed by atoms with E-state index in [2.05, 4.69) is 42.3 Å². The predicted molar refractivity (Wildman–Crippen MR) is 123 cm³/mol. The maximum Gasteiger partial charge on any atom is 0.321 e. The van der Waals surface area contributed by atoms with Gasteiger partial charge in [0.05, 0.1) is 4.90 Å². The monoisotopic (exact) mass is 442 g/mol. The Hall–Kier alpha value is -2.58. The maximum atomic E-state index is 13.4. The number of urea groups is 1. The summed E-state index contributed by atoms with van der Waals surface area (Å²) >= 11 is 0. The number of carbonyl (C=O) groups is 1. The second-order valence-electron chi connectivity index (χ2n) is 8.27. The van der Waals surface area contributed by atoms with Crippen molar-refractivity contribution in [1.82, 2.24) is 9.62 Å². The lowest BCUT2D eigenvalue weighted by molar-refractivity contribution is 0.247. The van der Waals surface area contributed by atoms with Crippen molar-refractivity contribution < 1.29 is 13.2 Å². The number of nitrogens with zero attached hydrogens (tertiary/aromatic N) is 3. The van der Waals surface area contributed by atoms with Crippen LogP contribution in [-0.2, 0) is 16.4 Å². The molecule has 0 spiro atoms. The molecule has 0 saturated carbocycles. The Labute approximate surface area is 184 Å². The quantitative estimate of drug-likeness (QED) is 0.790. The van der Waals surface area contributed by atoms with Crippen molar-refractivity contribution in [2.75, 3.05) is 42.5 Å². The Balaban J connectivity index is 1.51. The minimum atomic E-state index is -3.59. The summed E-state index contributed by atoms with van der Waals surface area (Å²) in [6.07, 6.45) is 0.660. The number of aryl methyl sites for hydroxylation is 1. The standard InChI is InChI=1S/C23H30N4O3S/c1-4-24-23(28)27-11-10-19-15-21(8-9-22(19)27)31(29,30)25-12-13-26(18(3)16-25)20-7-5-6-17(2)14-20/h5-9,14-15,18H,4,10-13,16H2,1-3H3,(H,24,28)/t18-/m1/s1. The van der Waals surface area contributed by atoms with Gasteiger partial charge in [-0.15, -0.1) is 0 Å². The Bertz CT molecular complexity index is 1090. The van der Waals surface area contributed by atoms with Gasteiger partial charge in [0.15, 0.2) is 0 Å². The first-order valence-corrected chi connectivity index (χ1v) is 12.3. The first-order chi connectivity index (χ1) is 14.8. The highest BCUT2D eigenvalue weighted by atomic mass is 32.2. The van der Waals surface area contributed by atoms with Gasteiger partial charge in [0.25, 0.3) is 0 Å². The first kappa shape index (κ1) is 21.6. The van der Waals surface area contributed by atoms with Crippen LogP contribution in [0.4, 0.5) is 16.2 Å². The molecule has 166 valence electrons. The number of rotatable bonds is 4. The zero-order valence-corrected chi connectivity index (χ0v) is 19.2. The summed E-state index contributed by atoms with van der Waals surface area (Å²) in [5.41, 5.74) is 4.02. The number of anilines is 2. The van der Waals surface area contributed by atoms with Crippen LogP contribution in [0.5, 0.6) is 0 Å². The topological polar surface area (TPSA) is 73.0 Å². The van der Waals surface area contributed by atoms with E-state index in [1.54, 1.807) is 27.4 Å². The molecule has 0 unspecified atom stereocenters. The van der Waals surface area contributed by atoms with Gasteiger partial charge in [-0.05, 0) is 68.7 Å². The lowest BCUT2D eigenvalue weighted by Crippen LogP contribution is -2.53. The fraction of sp³-hybridized carbons (Fsp3) is 0.435. The average molecular weight is 443 g/mol. The maximum absolute atomic E-state index is 13.4. The molecule has 1 atom stereocenters. The number of hydrogen-bond acceptors (Lipinski definition) is 4. The third-order valence-corrected chi connectivity index (χ3v) is 7.94. The van der Waals surface area contributed by atoms with Gasteiger partial charge in [-0.1, -0.05) is 12.1 Å². The average Bonchev–Trinajstić information content (AvgIpc) is 3.17. The highest BCUT2D eigenvalue weighted by Gasteiger charge is 2.34. The Morgan fingerprint density at radius 3 is 2.65 bits per heavy atom. The van der Waals surface area contributed by atoms with Gasteiger partial charge < -0.3 is 10.2 Å². The van der Waals surface area contributed by atoms with Crippen LogP contribution in [0.1, 0.15) is 25.0 Å². The molecule has 31 heavy (non-hydrogen) atoms. The van der Waals surface area contributed by atoms with Crippen molar-refractivity contribution in [3.8, 4) is 0 Å². The first-order valence-electron chi connectivity index (χ1n) is 10.8. The number of sulfonamides is 1. The molecule has 0 aliphatic carbocycles. The van der Waals surface area contributed by atoms with Crippen molar-refractivity contribution in [3.05, 3.63) is 53.6 Å². The molecular weight excluding hydrogens is 412 g/mol. The molecule has 2 aromatic rings. The lowest BCUT2D eigenvalue weighted by atomic mass is 10.1. The van der Waals surface area contributed by atoms with E-state index in [-0.39, 0.29) is 12.1 Å². The van der Waals surface area contributed by atoms with E-state index in [9.17, 15) is 13.2 Å². The SMILES string of the molecule is CCNC(=O)N1CCc2cc(S(=O)(=O)N3CCN(c4cccc(C)c4)[C@H](C)C3)ccc21. The van der Waals surface area contributed by atoms with Crippen LogP contribution in [-0.4, -0.2) is 57.5 Å². The summed E-state index contributed by atoms with van der Waals surface area (Å²) < 4.78 is 28.3. The fourth-order valence-electron chi connectivity index (χ4n) is 4.48. The van der Waals surface area contributed by atoms with E-state index in [1.165, 1.54) is 5.56 Å². The zero-order chi connectivity index (χ0) is 22.2. The van der Waals surface area contributed by atoms with Gasteiger partial charge in [-0.2, -0.15) is 4.31 Å². The molecule has 7 nitrogen and oxygen atoms in total. The van der Waals surface area contributed by atoms with Crippen molar-refractivity contribution in [3.63, 3.8) is 0 Å². The number of carbonyl (C=O) groups excluding carboxylic acids is 1. The van der Waals surface area contributed by atoms with Crippen LogP contribution in [0.3, 0.4) is 0 Å². The third kappa shape index (κ3) is 4.14. The van der Waals surface area contributed by atoms with Crippen molar-refractivity contribution in [1.29, 1.82) is 0 Å². The lowest BCUT2D eigenvalue weighted by Gasteiger charge is -2.40. The normalized spacial score (nSPS) is 19.4. The van der Waals surface area contributed by atoms with E-state index in [0.717, 1.165) is 16.9 Å². The zero-order valence-electron chi connectivity index (χ0n) is 18.3. The van der Waals surface area contributed by atoms with Crippen LogP contribution in [0.2, 0.25) is 0 Å². The third-order valence-electron chi connectivity index (χ3n) is 6.08. The summed E-state index contributed by atoms with van der Waals surface area (Å²) in [6, 6.07) is 13.4. The van der Waals surface area contributed by atoms with E-state index in [1.807, 2.05) is 13.0 Å². The smallest absolute Gasteiger partial charge is 0.321 e. The fourth-order valence-corrected chi connectivity index (χ4v) is 6.04. The number of benzene rings is 2. The van der Waals surface area contributed by atoms with Crippen LogP contribution in [0.15, 0.2) is 47.4 Å². The number of fused-ring (bicyclic) bond motifs is 1. The highest BCUT2D eigenvalue weighted by Crippen LogP contribution is 2.32. The van der Waals surface area contributed by atoms with E-state index in [0.29, 0.717) is 44.0 Å². The van der Waals surface area contributed by atoms with Crippen molar-refractivity contribution in [2.45, 2.75) is 38.1 Å². The number of piperazine rings is 1.